The first kappa shape index (κ1) is 15.9. The molecule has 3 N–H and O–H groups in total. The van der Waals surface area contributed by atoms with Crippen molar-refractivity contribution in [3.05, 3.63) is 53.1 Å². The van der Waals surface area contributed by atoms with E-state index in [4.69, 9.17) is 9.84 Å². The smallest absolute Gasteiger partial charge is 0.210 e. The van der Waals surface area contributed by atoms with Crippen LogP contribution in [0.3, 0.4) is 0 Å². The van der Waals surface area contributed by atoms with E-state index in [1.807, 2.05) is 0 Å². The number of halogens is 1. The Balaban J connectivity index is 2.22. The van der Waals surface area contributed by atoms with E-state index in [9.17, 15) is 19.4 Å². The summed E-state index contributed by atoms with van der Waals surface area (Å²) >= 11 is 0. The summed E-state index contributed by atoms with van der Waals surface area (Å²) < 4.78 is 18.2. The fourth-order valence-electron chi connectivity index (χ4n) is 1.85. The van der Waals surface area contributed by atoms with Crippen LogP contribution in [0.2, 0.25) is 0 Å². The summed E-state index contributed by atoms with van der Waals surface area (Å²) in [4.78, 5) is 15.2. The lowest BCUT2D eigenvalue weighted by Gasteiger charge is -2.12. The molecule has 22 heavy (non-hydrogen) atoms. The molecule has 0 saturated heterocycles. The highest BCUT2D eigenvalue weighted by atomic mass is 19.1. The van der Waals surface area contributed by atoms with Gasteiger partial charge in [-0.05, 0) is 24.3 Å². The highest BCUT2D eigenvalue weighted by Gasteiger charge is 2.18. The zero-order valence-electron chi connectivity index (χ0n) is 11.5. The molecule has 1 aromatic carbocycles. The van der Waals surface area contributed by atoms with Crippen molar-refractivity contribution in [2.75, 3.05) is 6.61 Å². The molecule has 6 nitrogen and oxygen atoms in total. The van der Waals surface area contributed by atoms with Crippen molar-refractivity contribution in [3.63, 3.8) is 0 Å². The van der Waals surface area contributed by atoms with Crippen LogP contribution in [-0.4, -0.2) is 32.7 Å². The molecule has 2 rings (SSSR count). The zero-order valence-corrected chi connectivity index (χ0v) is 11.5. The van der Waals surface area contributed by atoms with Gasteiger partial charge in [-0.25, -0.2) is 9.37 Å². The van der Waals surface area contributed by atoms with Gasteiger partial charge in [-0.2, -0.15) is 0 Å². The predicted molar refractivity (Wildman–Crippen MR) is 74.0 cm³/mol. The molecular formula is C15H14FNO5. The van der Waals surface area contributed by atoms with Crippen molar-refractivity contribution in [1.29, 1.82) is 0 Å². The van der Waals surface area contributed by atoms with Gasteiger partial charge in [0.05, 0.1) is 6.61 Å². The molecule has 1 aromatic heterocycles. The maximum Gasteiger partial charge on any atom is 0.210 e. The molecule has 7 heteroatoms. The number of carbonyl (C=O) groups excluding carboxylic acids is 1. The third-order valence-corrected chi connectivity index (χ3v) is 3.02. The molecule has 0 radical (unpaired) electrons. The topological polar surface area (TPSA) is 99.9 Å². The Hall–Kier alpha value is -2.51. The first-order valence-electron chi connectivity index (χ1n) is 6.39. The van der Waals surface area contributed by atoms with E-state index in [1.54, 1.807) is 0 Å². The summed E-state index contributed by atoms with van der Waals surface area (Å²) in [7, 11) is 0. The van der Waals surface area contributed by atoms with Gasteiger partial charge in [0.2, 0.25) is 5.78 Å². The number of aliphatic hydroxyl groups excluding tert-OH is 2. The Morgan fingerprint density at radius 1 is 1.23 bits per heavy atom. The minimum absolute atomic E-state index is 0.0321. The Morgan fingerprint density at radius 2 is 1.91 bits per heavy atom. The molecule has 0 bridgehead atoms. The van der Waals surface area contributed by atoms with E-state index >= 15 is 0 Å². The highest BCUT2D eigenvalue weighted by molar-refractivity contribution is 5.97. The van der Waals surface area contributed by atoms with E-state index in [2.05, 4.69) is 4.98 Å². The predicted octanol–water partition coefficient (Wildman–Crippen LogP) is 1.17. The lowest BCUT2D eigenvalue weighted by Crippen LogP contribution is -2.11. The molecule has 0 aliphatic heterocycles. The second-order valence-corrected chi connectivity index (χ2v) is 4.44. The molecule has 0 unspecified atom stereocenters. The molecule has 0 fully saturated rings. The molecule has 2 aromatic rings. The van der Waals surface area contributed by atoms with Crippen LogP contribution in [0.1, 0.15) is 21.6 Å². The summed E-state index contributed by atoms with van der Waals surface area (Å²) in [6, 6.07) is 5.35. The number of ether oxygens (including phenoxy) is 1. The fraction of sp³-hybridized carbons (Fsp3) is 0.200. The summed E-state index contributed by atoms with van der Waals surface area (Å²) in [5.74, 6) is -1.23. The lowest BCUT2D eigenvalue weighted by atomic mass is 10.1. The van der Waals surface area contributed by atoms with Crippen LogP contribution in [0.15, 0.2) is 30.5 Å². The minimum Gasteiger partial charge on any atom is -0.505 e. The van der Waals surface area contributed by atoms with Crippen molar-refractivity contribution < 1.29 is 29.2 Å². The largest absolute Gasteiger partial charge is 0.505 e. The van der Waals surface area contributed by atoms with Crippen molar-refractivity contribution in [3.8, 4) is 11.5 Å². The molecule has 116 valence electrons. The van der Waals surface area contributed by atoms with Crippen LogP contribution in [0.5, 0.6) is 11.5 Å². The third-order valence-electron chi connectivity index (χ3n) is 3.02. The molecular weight excluding hydrogens is 293 g/mol. The maximum absolute atomic E-state index is 12.8. The van der Waals surface area contributed by atoms with Crippen LogP contribution in [-0.2, 0) is 13.2 Å². The van der Waals surface area contributed by atoms with Crippen molar-refractivity contribution >= 4 is 5.78 Å². The normalized spacial score (nSPS) is 10.5. The van der Waals surface area contributed by atoms with Gasteiger partial charge in [-0.1, -0.05) is 0 Å². The highest BCUT2D eigenvalue weighted by Crippen LogP contribution is 2.26. The number of aromatic nitrogens is 1. The number of Topliss-reactive ketones (excluding diaryl/α,β-unsaturated/α-hetero) is 1. The van der Waals surface area contributed by atoms with E-state index in [-0.39, 0.29) is 17.9 Å². The SMILES string of the molecule is O=C(CO)c1ncc(COc2ccc(F)cc2)c(CO)c1O. The van der Waals surface area contributed by atoms with Gasteiger partial charge < -0.3 is 20.1 Å². The quantitative estimate of drug-likeness (QED) is 0.693. The summed E-state index contributed by atoms with van der Waals surface area (Å²) in [5, 5.41) is 28.1. The number of aliphatic hydroxyl groups is 2. The van der Waals surface area contributed by atoms with Crippen LogP contribution in [0.4, 0.5) is 4.39 Å². The molecule has 0 atom stereocenters. The number of hydrogen-bond donors (Lipinski definition) is 3. The van der Waals surface area contributed by atoms with Gasteiger partial charge in [-0.15, -0.1) is 0 Å². The van der Waals surface area contributed by atoms with Gasteiger partial charge in [0.15, 0.2) is 11.4 Å². The van der Waals surface area contributed by atoms with Crippen LogP contribution in [0.25, 0.3) is 0 Å². The number of rotatable bonds is 6. The molecule has 1 heterocycles. The Bertz CT molecular complexity index is 672. The van der Waals surface area contributed by atoms with Gasteiger partial charge >= 0.3 is 0 Å². The number of pyridine rings is 1. The molecule has 0 spiro atoms. The number of carbonyl (C=O) groups is 1. The number of benzene rings is 1. The maximum atomic E-state index is 12.8. The summed E-state index contributed by atoms with van der Waals surface area (Å²) in [6.07, 6.45) is 1.28. The first-order valence-corrected chi connectivity index (χ1v) is 6.39. The number of aromatic hydroxyl groups is 1. The Morgan fingerprint density at radius 3 is 2.50 bits per heavy atom. The number of hydrogen-bond acceptors (Lipinski definition) is 6. The minimum atomic E-state index is -0.795. The van der Waals surface area contributed by atoms with Crippen molar-refractivity contribution in [1.82, 2.24) is 4.98 Å². The average Bonchev–Trinajstić information content (AvgIpc) is 2.53. The third kappa shape index (κ3) is 3.38. The van der Waals surface area contributed by atoms with Gasteiger partial charge in [0.25, 0.3) is 0 Å². The van der Waals surface area contributed by atoms with Crippen LogP contribution in [0, 0.1) is 5.82 Å². The fourth-order valence-corrected chi connectivity index (χ4v) is 1.85. The standard InChI is InChI=1S/C15H14FNO5/c16-10-1-3-11(4-2-10)22-8-9-5-17-14(13(20)7-19)15(21)12(9)6-18/h1-5,18-19,21H,6-8H2. The van der Waals surface area contributed by atoms with E-state index in [1.165, 1.54) is 30.5 Å². The summed E-state index contributed by atoms with van der Waals surface area (Å²) in [5.41, 5.74) is 0.157. The van der Waals surface area contributed by atoms with E-state index in [0.29, 0.717) is 11.3 Å². The Labute approximate surface area is 125 Å². The lowest BCUT2D eigenvalue weighted by molar-refractivity contribution is 0.0895. The van der Waals surface area contributed by atoms with Crippen molar-refractivity contribution in [2.45, 2.75) is 13.2 Å². The second-order valence-electron chi connectivity index (χ2n) is 4.44. The van der Waals surface area contributed by atoms with Gasteiger partial charge in [0, 0.05) is 17.3 Å². The van der Waals surface area contributed by atoms with E-state index in [0.717, 1.165) is 0 Å². The molecule has 0 aliphatic rings. The average molecular weight is 307 g/mol. The van der Waals surface area contributed by atoms with Gasteiger partial charge in [-0.3, -0.25) is 4.79 Å². The zero-order chi connectivity index (χ0) is 16.1. The monoisotopic (exact) mass is 307 g/mol. The van der Waals surface area contributed by atoms with Crippen LogP contribution < -0.4 is 4.74 Å². The molecule has 0 amide bonds. The number of nitrogens with zero attached hydrogens (tertiary/aromatic N) is 1. The molecule has 0 aliphatic carbocycles. The first-order chi connectivity index (χ1) is 10.6. The second kappa shape index (κ2) is 6.97. The number of ketones is 1. The van der Waals surface area contributed by atoms with Crippen molar-refractivity contribution in [2.24, 2.45) is 0 Å². The van der Waals surface area contributed by atoms with Gasteiger partial charge in [0.1, 0.15) is 24.8 Å². The van der Waals surface area contributed by atoms with E-state index < -0.39 is 30.6 Å². The molecule has 0 saturated carbocycles. The Kier molecular flexibility index (Phi) is 5.03. The summed E-state index contributed by atoms with van der Waals surface area (Å²) in [6.45, 7) is -1.35. The van der Waals surface area contributed by atoms with Crippen LogP contribution >= 0.6 is 0 Å².